The molecule has 0 aromatic rings. The third kappa shape index (κ3) is 4.26. The first-order valence-corrected chi connectivity index (χ1v) is 2.77. The second kappa shape index (κ2) is 3.45. The van der Waals surface area contributed by atoms with E-state index in [1.165, 1.54) is 14.1 Å². The predicted molar refractivity (Wildman–Crippen MR) is 40.3 cm³/mol. The molecule has 0 aliphatic rings. The molecule has 6 heavy (non-hydrogen) atoms. The minimum atomic E-state index is 0.898. The molecule has 0 spiro atoms. The second-order valence-corrected chi connectivity index (χ2v) is 2.18. The van der Waals surface area contributed by atoms with E-state index in [2.05, 4.69) is 21.4 Å². The summed E-state index contributed by atoms with van der Waals surface area (Å²) in [6.07, 6.45) is 0. The lowest BCUT2D eigenvalue weighted by atomic mass is 9.05. The van der Waals surface area contributed by atoms with Crippen LogP contribution >= 0.6 is 0 Å². The van der Waals surface area contributed by atoms with Gasteiger partial charge < -0.3 is 0 Å². The highest BCUT2D eigenvalue weighted by Gasteiger charge is 1.94. The molecule has 0 radical (unpaired) electrons. The van der Waals surface area contributed by atoms with Crippen LogP contribution in [0.5, 0.6) is 0 Å². The minimum absolute atomic E-state index is 0.898. The van der Waals surface area contributed by atoms with Crippen molar-refractivity contribution >= 4 is 28.5 Å². The van der Waals surface area contributed by atoms with E-state index in [0.29, 0.717) is 0 Å². The Morgan fingerprint density at radius 3 is 2.00 bits per heavy atom. The van der Waals surface area contributed by atoms with Crippen LogP contribution in [-0.2, 0) is 0 Å². The molecule has 30 valence electrons. The third-order valence-corrected chi connectivity index (χ3v) is 0.866. The Morgan fingerprint density at radius 2 is 2.00 bits per heavy atom. The van der Waals surface area contributed by atoms with Gasteiger partial charge in [0.2, 0.25) is 0 Å². The Labute approximate surface area is 43.0 Å². The van der Waals surface area contributed by atoms with E-state index < -0.39 is 0 Å². The lowest BCUT2D eigenvalue weighted by Crippen LogP contribution is -2.19. The maximum atomic E-state index is 2.25. The van der Waals surface area contributed by atoms with Gasteiger partial charge in [0.05, 0.1) is 21.4 Å². The molecule has 0 aromatic heterocycles. The summed E-state index contributed by atoms with van der Waals surface area (Å²) in [5.41, 5.74) is 0. The normalized spacial score (nSPS) is 7.00. The molecule has 0 nitrogen and oxygen atoms in total. The molecule has 0 N–H and O–H groups in total. The maximum absolute atomic E-state index is 2.25. The van der Waals surface area contributed by atoms with Crippen LogP contribution in [0, 0.1) is 0 Å². The molecule has 0 amide bonds. The van der Waals surface area contributed by atoms with E-state index in [9.17, 15) is 0 Å². The van der Waals surface area contributed by atoms with Gasteiger partial charge in [-0.2, -0.15) is 0 Å². The first-order chi connectivity index (χ1) is 2.77. The van der Waals surface area contributed by atoms with Crippen molar-refractivity contribution in [3.05, 3.63) is 0 Å². The Bertz CT molecular complexity index is 26.7. The van der Waals surface area contributed by atoms with E-state index in [4.69, 9.17) is 0 Å². The minimum Gasteiger partial charge on any atom is -0.0933 e. The number of hydrogen-bond donors (Lipinski definition) is 0. The van der Waals surface area contributed by atoms with Gasteiger partial charge in [0.1, 0.15) is 0 Å². The van der Waals surface area contributed by atoms with Gasteiger partial charge in [0, 0.05) is 7.06 Å². The van der Waals surface area contributed by atoms with Crippen molar-refractivity contribution in [2.24, 2.45) is 0 Å². The molecular formula is C2H10B4. The molecule has 0 aromatic carbocycles. The van der Waals surface area contributed by atoms with E-state index in [1.54, 1.807) is 0 Å². The summed E-state index contributed by atoms with van der Waals surface area (Å²) in [6.45, 7) is 5.41. The van der Waals surface area contributed by atoms with Crippen molar-refractivity contribution in [3.8, 4) is 0 Å². The highest BCUT2D eigenvalue weighted by atomic mass is 13.1. The van der Waals surface area contributed by atoms with Gasteiger partial charge in [-0.3, -0.25) is 0 Å². The highest BCUT2D eigenvalue weighted by Crippen LogP contribution is 1.68. The van der Waals surface area contributed by atoms with Crippen LogP contribution in [0.25, 0.3) is 0 Å². The van der Waals surface area contributed by atoms with Gasteiger partial charge in [0.25, 0.3) is 0 Å². The zero-order valence-electron chi connectivity index (χ0n) is 4.99. The Hall–Kier alpha value is 0.260. The van der Waals surface area contributed by atoms with Crippen molar-refractivity contribution in [2.45, 2.75) is 13.6 Å². The first-order valence-electron chi connectivity index (χ1n) is 2.77. The fraction of sp³-hybridized carbons (Fsp3) is 1.00. The molecule has 0 fully saturated rings. The van der Waals surface area contributed by atoms with Gasteiger partial charge in [-0.1, -0.05) is 13.6 Å². The van der Waals surface area contributed by atoms with Gasteiger partial charge in [-0.25, -0.2) is 0 Å². The summed E-state index contributed by atoms with van der Waals surface area (Å²) in [5, 5.41) is 0. The van der Waals surface area contributed by atoms with Crippen LogP contribution in [-0.4, -0.2) is 28.5 Å². The van der Waals surface area contributed by atoms with Crippen LogP contribution in [0.3, 0.4) is 0 Å². The average Bonchev–Trinajstić information content (AvgIpc) is 1.35. The summed E-state index contributed by atoms with van der Waals surface area (Å²) in [5.74, 6) is 0. The van der Waals surface area contributed by atoms with Crippen LogP contribution in [0.15, 0.2) is 0 Å². The lowest BCUT2D eigenvalue weighted by molar-refractivity contribution is 2.10. The average molecular weight is 77.3 g/mol. The molecule has 0 saturated heterocycles. The molecular weight excluding hydrogens is 67.3 g/mol. The molecule has 0 rings (SSSR count). The van der Waals surface area contributed by atoms with Crippen molar-refractivity contribution in [3.63, 3.8) is 0 Å². The number of rotatable bonds is 2. The van der Waals surface area contributed by atoms with Crippen LogP contribution < -0.4 is 0 Å². The van der Waals surface area contributed by atoms with E-state index >= 15 is 0 Å². The number of hydrogen-bond acceptors (Lipinski definition) is 0. The Morgan fingerprint density at radius 1 is 1.50 bits per heavy atom. The molecule has 0 atom stereocenters. The maximum Gasteiger partial charge on any atom is 0.0888 e. The summed E-state index contributed by atoms with van der Waals surface area (Å²) < 4.78 is 0. The first kappa shape index (κ1) is 6.26. The molecule has 0 aliphatic carbocycles. The molecule has 4 heteroatoms. The quantitative estimate of drug-likeness (QED) is 0.355. The summed E-state index contributed by atoms with van der Waals surface area (Å²) in [7, 11) is 4.93. The van der Waals surface area contributed by atoms with E-state index in [1.807, 2.05) is 0 Å². The van der Waals surface area contributed by atoms with Crippen molar-refractivity contribution in [1.82, 2.24) is 0 Å². The molecule has 0 heterocycles. The summed E-state index contributed by atoms with van der Waals surface area (Å²) in [6, 6.07) is 0. The predicted octanol–water partition coefficient (Wildman–Crippen LogP) is -1.43. The van der Waals surface area contributed by atoms with Gasteiger partial charge in [-0.15, -0.1) is 0 Å². The third-order valence-electron chi connectivity index (χ3n) is 0.866. The Kier molecular flexibility index (Phi) is 3.60. The standard InChI is InChI=1S/C2H10B4/c1-6(2)5-4-3/h4-5H,3H2,1-2H3. The van der Waals surface area contributed by atoms with Gasteiger partial charge in [0.15, 0.2) is 0 Å². The lowest BCUT2D eigenvalue weighted by Gasteiger charge is -1.87. The fourth-order valence-corrected chi connectivity index (χ4v) is 0.577. The van der Waals surface area contributed by atoms with Gasteiger partial charge >= 0.3 is 0 Å². The van der Waals surface area contributed by atoms with Crippen molar-refractivity contribution in [1.29, 1.82) is 0 Å². The van der Waals surface area contributed by atoms with Crippen LogP contribution in [0.2, 0.25) is 13.6 Å². The largest absolute Gasteiger partial charge is 0.0933 e. The zero-order chi connectivity index (χ0) is 4.99. The van der Waals surface area contributed by atoms with Crippen molar-refractivity contribution in [2.75, 3.05) is 0 Å². The molecule has 0 unspecified atom stereocenters. The van der Waals surface area contributed by atoms with Gasteiger partial charge in [-0.05, 0) is 0 Å². The zero-order valence-corrected chi connectivity index (χ0v) is 4.99. The highest BCUT2D eigenvalue weighted by molar-refractivity contribution is 7.45. The Balaban J connectivity index is 2.63. The van der Waals surface area contributed by atoms with Crippen LogP contribution in [0.1, 0.15) is 0 Å². The van der Waals surface area contributed by atoms with Crippen molar-refractivity contribution < 1.29 is 0 Å². The summed E-state index contributed by atoms with van der Waals surface area (Å²) in [4.78, 5) is 0. The SMILES string of the molecule is BBBB(C)C. The second-order valence-electron chi connectivity index (χ2n) is 2.18. The topological polar surface area (TPSA) is 0 Å². The van der Waals surface area contributed by atoms with Crippen LogP contribution in [0.4, 0.5) is 0 Å². The monoisotopic (exact) mass is 78.1 g/mol. The molecule has 0 aliphatic heterocycles. The van der Waals surface area contributed by atoms with E-state index in [-0.39, 0.29) is 0 Å². The molecule has 0 bridgehead atoms. The van der Waals surface area contributed by atoms with E-state index in [0.717, 1.165) is 6.60 Å². The molecule has 0 saturated carbocycles. The summed E-state index contributed by atoms with van der Waals surface area (Å²) >= 11 is 0. The smallest absolute Gasteiger partial charge is 0.0888 e. The fourth-order valence-electron chi connectivity index (χ4n) is 0.577.